The number of benzene rings is 3. The minimum absolute atomic E-state index is 0.145. The molecule has 0 atom stereocenters. The van der Waals surface area contributed by atoms with Gasteiger partial charge in [-0.2, -0.15) is 0 Å². The SMILES string of the molecule is CCOc1ccc2ccccc2c1/C=C1/SC(=Nc2ccc(C)cc2C)NC1=O. The topological polar surface area (TPSA) is 50.7 Å². The van der Waals surface area contributed by atoms with Crippen LogP contribution in [-0.4, -0.2) is 17.7 Å². The molecule has 4 nitrogen and oxygen atoms in total. The van der Waals surface area contributed by atoms with E-state index in [9.17, 15) is 4.79 Å². The molecule has 3 aromatic carbocycles. The number of hydrogen-bond acceptors (Lipinski definition) is 4. The second kappa shape index (κ2) is 8.13. The van der Waals surface area contributed by atoms with Crippen LogP contribution in [0.1, 0.15) is 23.6 Å². The molecule has 1 fully saturated rings. The second-order valence-corrected chi connectivity index (χ2v) is 7.93. The third kappa shape index (κ3) is 4.05. The van der Waals surface area contributed by atoms with Gasteiger partial charge in [0.1, 0.15) is 5.75 Å². The maximum Gasteiger partial charge on any atom is 0.264 e. The van der Waals surface area contributed by atoms with E-state index in [4.69, 9.17) is 4.74 Å². The standard InChI is InChI=1S/C24H22N2O2S/c1-4-28-21-12-10-17-7-5-6-8-18(17)19(21)14-22-23(27)26-24(29-22)25-20-11-9-15(2)13-16(20)3/h5-14H,4H2,1-3H3,(H,25,26,27)/b22-14+. The van der Waals surface area contributed by atoms with Gasteiger partial charge in [0, 0.05) is 5.56 Å². The Balaban J connectivity index is 1.73. The fourth-order valence-corrected chi connectivity index (χ4v) is 4.17. The van der Waals surface area contributed by atoms with Gasteiger partial charge in [0.15, 0.2) is 5.17 Å². The summed E-state index contributed by atoms with van der Waals surface area (Å²) >= 11 is 1.35. The van der Waals surface area contributed by atoms with E-state index < -0.39 is 0 Å². The molecular formula is C24H22N2O2S. The van der Waals surface area contributed by atoms with Crippen LogP contribution in [0.25, 0.3) is 16.8 Å². The average Bonchev–Trinajstić information content (AvgIpc) is 3.05. The van der Waals surface area contributed by atoms with Crippen molar-refractivity contribution >= 4 is 45.4 Å². The lowest BCUT2D eigenvalue weighted by Gasteiger charge is -2.11. The molecule has 0 bridgehead atoms. The third-order valence-electron chi connectivity index (χ3n) is 4.73. The molecule has 4 rings (SSSR count). The highest BCUT2D eigenvalue weighted by Crippen LogP contribution is 2.35. The Morgan fingerprint density at radius 3 is 2.72 bits per heavy atom. The number of aryl methyl sites for hydroxylation is 2. The van der Waals surface area contributed by atoms with Crippen LogP contribution >= 0.6 is 11.8 Å². The van der Waals surface area contributed by atoms with Crippen molar-refractivity contribution < 1.29 is 9.53 Å². The lowest BCUT2D eigenvalue weighted by Crippen LogP contribution is -2.19. The molecule has 1 saturated heterocycles. The van der Waals surface area contributed by atoms with Gasteiger partial charge < -0.3 is 10.1 Å². The summed E-state index contributed by atoms with van der Waals surface area (Å²) in [4.78, 5) is 17.8. The van der Waals surface area contributed by atoms with Crippen molar-refractivity contribution in [2.24, 2.45) is 4.99 Å². The predicted octanol–water partition coefficient (Wildman–Crippen LogP) is 5.75. The minimum atomic E-state index is -0.145. The van der Waals surface area contributed by atoms with E-state index in [1.165, 1.54) is 17.3 Å². The van der Waals surface area contributed by atoms with Gasteiger partial charge in [-0.15, -0.1) is 0 Å². The van der Waals surface area contributed by atoms with Crippen LogP contribution in [0.4, 0.5) is 5.69 Å². The monoisotopic (exact) mass is 402 g/mol. The van der Waals surface area contributed by atoms with E-state index >= 15 is 0 Å². The highest BCUT2D eigenvalue weighted by Gasteiger charge is 2.25. The van der Waals surface area contributed by atoms with Crippen LogP contribution in [-0.2, 0) is 4.79 Å². The number of fused-ring (bicyclic) bond motifs is 1. The molecule has 0 saturated carbocycles. The molecule has 0 spiro atoms. The van der Waals surface area contributed by atoms with Crippen molar-refractivity contribution in [1.29, 1.82) is 0 Å². The van der Waals surface area contributed by atoms with Crippen LogP contribution in [0.15, 0.2) is 64.5 Å². The highest BCUT2D eigenvalue weighted by atomic mass is 32.2. The van der Waals surface area contributed by atoms with E-state index in [0.29, 0.717) is 16.7 Å². The Bertz CT molecular complexity index is 1160. The zero-order valence-corrected chi connectivity index (χ0v) is 17.5. The van der Waals surface area contributed by atoms with E-state index in [2.05, 4.69) is 29.4 Å². The third-order valence-corrected chi connectivity index (χ3v) is 5.64. The first kappa shape index (κ1) is 19.3. The van der Waals surface area contributed by atoms with Gasteiger partial charge in [-0.25, -0.2) is 4.99 Å². The molecule has 0 aliphatic carbocycles. The van der Waals surface area contributed by atoms with E-state index in [1.807, 2.05) is 62.4 Å². The number of amides is 1. The number of amidine groups is 1. The van der Waals surface area contributed by atoms with Crippen molar-refractivity contribution in [2.45, 2.75) is 20.8 Å². The number of nitrogens with one attached hydrogen (secondary N) is 1. The summed E-state index contributed by atoms with van der Waals surface area (Å²) in [5, 5.41) is 5.63. The van der Waals surface area contributed by atoms with Gasteiger partial charge >= 0.3 is 0 Å². The van der Waals surface area contributed by atoms with Crippen LogP contribution in [0.3, 0.4) is 0 Å². The zero-order valence-electron chi connectivity index (χ0n) is 16.7. The van der Waals surface area contributed by atoms with Gasteiger partial charge in [0.05, 0.1) is 17.2 Å². The van der Waals surface area contributed by atoms with Crippen molar-refractivity contribution in [1.82, 2.24) is 5.32 Å². The number of rotatable bonds is 4. The smallest absolute Gasteiger partial charge is 0.264 e. The number of carbonyl (C=O) groups is 1. The van der Waals surface area contributed by atoms with E-state index in [0.717, 1.165) is 33.3 Å². The molecule has 1 N–H and O–H groups in total. The van der Waals surface area contributed by atoms with E-state index in [-0.39, 0.29) is 5.91 Å². The second-order valence-electron chi connectivity index (χ2n) is 6.90. The summed E-state index contributed by atoms with van der Waals surface area (Å²) < 4.78 is 5.82. The summed E-state index contributed by atoms with van der Waals surface area (Å²) in [5.41, 5.74) is 4.04. The summed E-state index contributed by atoms with van der Waals surface area (Å²) in [6.07, 6.45) is 1.90. The Morgan fingerprint density at radius 1 is 1.10 bits per heavy atom. The molecule has 1 heterocycles. The maximum absolute atomic E-state index is 12.6. The quantitative estimate of drug-likeness (QED) is 0.566. The first-order valence-electron chi connectivity index (χ1n) is 9.56. The van der Waals surface area contributed by atoms with Gasteiger partial charge in [-0.05, 0) is 67.1 Å². The molecule has 3 aromatic rings. The summed E-state index contributed by atoms with van der Waals surface area (Å²) in [5.74, 6) is 0.626. The molecular weight excluding hydrogens is 380 g/mol. The van der Waals surface area contributed by atoms with Crippen molar-refractivity contribution in [3.05, 3.63) is 76.2 Å². The minimum Gasteiger partial charge on any atom is -0.493 e. The summed E-state index contributed by atoms with van der Waals surface area (Å²) in [6, 6.07) is 18.2. The van der Waals surface area contributed by atoms with Gasteiger partial charge in [-0.3, -0.25) is 4.79 Å². The Kier molecular flexibility index (Phi) is 5.41. The molecule has 0 aromatic heterocycles. The van der Waals surface area contributed by atoms with Crippen LogP contribution in [0.5, 0.6) is 5.75 Å². The molecule has 146 valence electrons. The van der Waals surface area contributed by atoms with Crippen molar-refractivity contribution in [3.63, 3.8) is 0 Å². The first-order valence-corrected chi connectivity index (χ1v) is 10.4. The van der Waals surface area contributed by atoms with Crippen LogP contribution in [0.2, 0.25) is 0 Å². The largest absolute Gasteiger partial charge is 0.493 e. The Labute approximate surface area is 174 Å². The number of nitrogens with zero attached hydrogens (tertiary/aromatic N) is 1. The van der Waals surface area contributed by atoms with Gasteiger partial charge in [0.25, 0.3) is 5.91 Å². The highest BCUT2D eigenvalue weighted by molar-refractivity contribution is 8.18. The number of aliphatic imine (C=N–C) groups is 1. The molecule has 1 aliphatic rings. The van der Waals surface area contributed by atoms with Crippen molar-refractivity contribution in [2.75, 3.05) is 6.61 Å². The average molecular weight is 403 g/mol. The zero-order chi connectivity index (χ0) is 20.4. The maximum atomic E-state index is 12.6. The Hall–Kier alpha value is -3.05. The van der Waals surface area contributed by atoms with Gasteiger partial charge in [0.2, 0.25) is 0 Å². The lowest BCUT2D eigenvalue weighted by atomic mass is 10.0. The van der Waals surface area contributed by atoms with Crippen LogP contribution in [0, 0.1) is 13.8 Å². The summed E-state index contributed by atoms with van der Waals surface area (Å²) in [6.45, 7) is 6.59. The predicted molar refractivity (Wildman–Crippen MR) is 122 cm³/mol. The van der Waals surface area contributed by atoms with Crippen molar-refractivity contribution in [3.8, 4) is 5.75 Å². The normalized spacial score (nSPS) is 16.6. The lowest BCUT2D eigenvalue weighted by molar-refractivity contribution is -0.115. The molecule has 0 radical (unpaired) electrons. The van der Waals surface area contributed by atoms with E-state index in [1.54, 1.807) is 0 Å². The molecule has 0 unspecified atom stereocenters. The molecule has 1 aliphatic heterocycles. The fraction of sp³-hybridized carbons (Fsp3) is 0.167. The first-order chi connectivity index (χ1) is 14.0. The fourth-order valence-electron chi connectivity index (χ4n) is 3.36. The van der Waals surface area contributed by atoms with Gasteiger partial charge in [-0.1, -0.05) is 48.0 Å². The number of thioether (sulfide) groups is 1. The molecule has 5 heteroatoms. The summed E-state index contributed by atoms with van der Waals surface area (Å²) in [7, 11) is 0. The number of hydrogen-bond donors (Lipinski definition) is 1. The number of carbonyl (C=O) groups excluding carboxylic acids is 1. The number of ether oxygens (including phenoxy) is 1. The molecule has 29 heavy (non-hydrogen) atoms. The molecule has 1 amide bonds. The van der Waals surface area contributed by atoms with Crippen LogP contribution < -0.4 is 10.1 Å². The Morgan fingerprint density at radius 2 is 1.93 bits per heavy atom.